The Hall–Kier alpha value is -4.87. The van der Waals surface area contributed by atoms with E-state index in [2.05, 4.69) is 16.6 Å². The van der Waals surface area contributed by atoms with E-state index < -0.39 is 5.91 Å². The van der Waals surface area contributed by atoms with Gasteiger partial charge in [-0.3, -0.25) is 9.59 Å². The summed E-state index contributed by atoms with van der Waals surface area (Å²) in [5.74, 6) is -0.287. The lowest BCUT2D eigenvalue weighted by molar-refractivity contribution is -0.133. The predicted octanol–water partition coefficient (Wildman–Crippen LogP) is 5.28. The van der Waals surface area contributed by atoms with E-state index in [9.17, 15) is 14.7 Å². The number of amides is 2. The molecule has 0 bridgehead atoms. The average Bonchev–Trinajstić information content (AvgIpc) is 2.96. The zero-order valence-electron chi connectivity index (χ0n) is 20.9. The fourth-order valence-electron chi connectivity index (χ4n) is 3.92. The highest BCUT2D eigenvalue weighted by Gasteiger charge is 2.16. The smallest absolute Gasteiger partial charge is 0.271 e. The van der Waals surface area contributed by atoms with Crippen molar-refractivity contribution in [2.75, 3.05) is 13.2 Å². The summed E-state index contributed by atoms with van der Waals surface area (Å²) >= 11 is 5.87. The standard InChI is InChI=1S/C30H25ClN4O4/c31-26-17-22(11-13-27(26)36)30(38)34-33-18-23-12-14-28(25-10-5-4-9-24(23)25)39-20-29(37)35(16-6-15-32)19-21-7-2-1-3-8-21/h1-5,7-14,17-18,36H,6,16,19-20H2,(H,34,38)/b33-18+. The number of hydrogen-bond acceptors (Lipinski definition) is 6. The molecule has 0 saturated carbocycles. The van der Waals surface area contributed by atoms with E-state index in [0.29, 0.717) is 18.8 Å². The number of halogens is 1. The van der Waals surface area contributed by atoms with Crippen LogP contribution < -0.4 is 10.2 Å². The molecule has 196 valence electrons. The molecule has 0 atom stereocenters. The topological polar surface area (TPSA) is 115 Å². The average molecular weight is 541 g/mol. The molecule has 8 nitrogen and oxygen atoms in total. The molecule has 2 amide bonds. The molecule has 0 aliphatic carbocycles. The van der Waals surface area contributed by atoms with Crippen molar-refractivity contribution in [2.45, 2.75) is 13.0 Å². The number of benzene rings is 4. The van der Waals surface area contributed by atoms with Gasteiger partial charge in [0, 0.05) is 29.6 Å². The first-order valence-electron chi connectivity index (χ1n) is 12.1. The molecular formula is C30H25ClN4O4. The number of rotatable bonds is 10. The highest BCUT2D eigenvalue weighted by atomic mass is 35.5. The van der Waals surface area contributed by atoms with Gasteiger partial charge in [0.15, 0.2) is 6.61 Å². The lowest BCUT2D eigenvalue weighted by Gasteiger charge is -2.22. The van der Waals surface area contributed by atoms with Crippen LogP contribution in [0.5, 0.6) is 11.5 Å². The van der Waals surface area contributed by atoms with Gasteiger partial charge in [-0.2, -0.15) is 10.4 Å². The lowest BCUT2D eigenvalue weighted by atomic mass is 10.0. The number of hydrogen-bond donors (Lipinski definition) is 2. The number of nitrogens with one attached hydrogen (secondary N) is 1. The minimum absolute atomic E-state index is 0.0694. The van der Waals surface area contributed by atoms with E-state index in [1.807, 2.05) is 54.6 Å². The molecule has 4 rings (SSSR count). The van der Waals surface area contributed by atoms with E-state index in [1.165, 1.54) is 24.4 Å². The predicted molar refractivity (Wildman–Crippen MR) is 150 cm³/mol. The summed E-state index contributed by atoms with van der Waals surface area (Å²) in [6.45, 7) is 0.523. The van der Waals surface area contributed by atoms with Crippen LogP contribution >= 0.6 is 11.6 Å². The first-order chi connectivity index (χ1) is 19.0. The monoisotopic (exact) mass is 540 g/mol. The van der Waals surface area contributed by atoms with Crippen molar-refractivity contribution in [1.82, 2.24) is 10.3 Å². The maximum atomic E-state index is 13.0. The van der Waals surface area contributed by atoms with Gasteiger partial charge in [-0.1, -0.05) is 66.2 Å². The van der Waals surface area contributed by atoms with Crippen molar-refractivity contribution < 1.29 is 19.4 Å². The number of aromatic hydroxyl groups is 1. The van der Waals surface area contributed by atoms with Crippen molar-refractivity contribution in [3.05, 3.63) is 107 Å². The van der Waals surface area contributed by atoms with Gasteiger partial charge >= 0.3 is 0 Å². The normalized spacial score (nSPS) is 10.8. The van der Waals surface area contributed by atoms with Gasteiger partial charge in [0.2, 0.25) is 0 Å². The number of carbonyl (C=O) groups is 2. The van der Waals surface area contributed by atoms with Crippen molar-refractivity contribution >= 4 is 40.4 Å². The number of nitriles is 1. The fraction of sp³-hybridized carbons (Fsp3) is 0.133. The van der Waals surface area contributed by atoms with Crippen LogP contribution in [0.15, 0.2) is 90.0 Å². The fourth-order valence-corrected chi connectivity index (χ4v) is 4.10. The number of nitrogens with zero attached hydrogens (tertiary/aromatic N) is 3. The van der Waals surface area contributed by atoms with Crippen molar-refractivity contribution in [1.29, 1.82) is 5.26 Å². The first kappa shape index (κ1) is 27.2. The molecule has 9 heteroatoms. The van der Waals surface area contributed by atoms with Crippen LogP contribution in [0.4, 0.5) is 0 Å². The molecule has 4 aromatic rings. The molecule has 0 fully saturated rings. The minimum Gasteiger partial charge on any atom is -0.506 e. The minimum atomic E-state index is -0.479. The summed E-state index contributed by atoms with van der Waals surface area (Å²) in [6.07, 6.45) is 1.74. The summed E-state index contributed by atoms with van der Waals surface area (Å²) in [4.78, 5) is 27.0. The molecular weight excluding hydrogens is 516 g/mol. The third-order valence-electron chi connectivity index (χ3n) is 5.91. The van der Waals surface area contributed by atoms with Crippen LogP contribution in [0.3, 0.4) is 0 Å². The molecule has 0 aromatic heterocycles. The van der Waals surface area contributed by atoms with E-state index >= 15 is 0 Å². The van der Waals surface area contributed by atoms with Gasteiger partial charge in [-0.15, -0.1) is 0 Å². The van der Waals surface area contributed by atoms with Gasteiger partial charge in [0.05, 0.1) is 23.7 Å². The third kappa shape index (κ3) is 7.12. The molecule has 0 spiro atoms. The highest BCUT2D eigenvalue weighted by Crippen LogP contribution is 2.28. The number of ether oxygens (including phenoxy) is 1. The molecule has 0 saturated heterocycles. The molecule has 0 unspecified atom stereocenters. The molecule has 0 aliphatic heterocycles. The molecule has 39 heavy (non-hydrogen) atoms. The maximum Gasteiger partial charge on any atom is 0.271 e. The Bertz CT molecular complexity index is 1550. The molecule has 2 N–H and O–H groups in total. The van der Waals surface area contributed by atoms with E-state index in [4.69, 9.17) is 21.6 Å². The van der Waals surface area contributed by atoms with Gasteiger partial charge in [-0.25, -0.2) is 5.43 Å². The SMILES string of the molecule is N#CCCN(Cc1ccccc1)C(=O)COc1ccc(/C=N/NC(=O)c2ccc(O)c(Cl)c2)c2ccccc12. The molecule has 0 heterocycles. The number of carbonyl (C=O) groups excluding carboxylic acids is 2. The van der Waals surface area contributed by atoms with Crippen LogP contribution in [0.25, 0.3) is 10.8 Å². The summed E-state index contributed by atoms with van der Waals surface area (Å²) in [5.41, 5.74) is 4.40. The Labute approximate surface area is 230 Å². The Kier molecular flexibility index (Phi) is 9.11. The molecule has 4 aromatic carbocycles. The summed E-state index contributed by atoms with van der Waals surface area (Å²) in [5, 5.41) is 24.3. The quantitative estimate of drug-likeness (QED) is 0.210. The van der Waals surface area contributed by atoms with Crippen LogP contribution in [-0.2, 0) is 11.3 Å². The largest absolute Gasteiger partial charge is 0.506 e. The Morgan fingerprint density at radius 2 is 1.77 bits per heavy atom. The second-order valence-electron chi connectivity index (χ2n) is 8.56. The van der Waals surface area contributed by atoms with E-state index in [0.717, 1.165) is 21.9 Å². The zero-order valence-corrected chi connectivity index (χ0v) is 21.6. The Morgan fingerprint density at radius 1 is 1.03 bits per heavy atom. The summed E-state index contributed by atoms with van der Waals surface area (Å²) in [6, 6.07) is 26.8. The van der Waals surface area contributed by atoms with Crippen LogP contribution in [0, 0.1) is 11.3 Å². The van der Waals surface area contributed by atoms with Gasteiger partial charge in [0.1, 0.15) is 11.5 Å². The summed E-state index contributed by atoms with van der Waals surface area (Å²) < 4.78 is 5.93. The van der Waals surface area contributed by atoms with Crippen LogP contribution in [-0.4, -0.2) is 41.2 Å². The molecule has 0 aliphatic rings. The van der Waals surface area contributed by atoms with Crippen LogP contribution in [0.1, 0.15) is 27.9 Å². The molecule has 0 radical (unpaired) electrons. The Morgan fingerprint density at radius 3 is 2.51 bits per heavy atom. The second kappa shape index (κ2) is 13.1. The van der Waals surface area contributed by atoms with E-state index in [1.54, 1.807) is 17.0 Å². The maximum absolute atomic E-state index is 13.0. The van der Waals surface area contributed by atoms with Crippen LogP contribution in [0.2, 0.25) is 5.02 Å². The number of fused-ring (bicyclic) bond motifs is 1. The van der Waals surface area contributed by atoms with Gasteiger partial charge < -0.3 is 14.7 Å². The Balaban J connectivity index is 1.45. The zero-order chi connectivity index (χ0) is 27.6. The number of phenolic OH excluding ortho intramolecular Hbond substituents is 1. The third-order valence-corrected chi connectivity index (χ3v) is 6.21. The van der Waals surface area contributed by atoms with Crippen molar-refractivity contribution in [3.63, 3.8) is 0 Å². The van der Waals surface area contributed by atoms with Crippen molar-refractivity contribution in [3.8, 4) is 17.6 Å². The van der Waals surface area contributed by atoms with Crippen molar-refractivity contribution in [2.24, 2.45) is 5.10 Å². The number of phenols is 1. The van der Waals surface area contributed by atoms with E-state index in [-0.39, 0.29) is 35.3 Å². The highest BCUT2D eigenvalue weighted by molar-refractivity contribution is 6.32. The second-order valence-corrected chi connectivity index (χ2v) is 8.97. The van der Waals surface area contributed by atoms with Gasteiger partial charge in [0.25, 0.3) is 11.8 Å². The number of hydrazone groups is 1. The lowest BCUT2D eigenvalue weighted by Crippen LogP contribution is -2.35. The summed E-state index contributed by atoms with van der Waals surface area (Å²) in [7, 11) is 0. The van der Waals surface area contributed by atoms with Gasteiger partial charge in [-0.05, 0) is 41.3 Å². The first-order valence-corrected chi connectivity index (χ1v) is 12.5.